The Hall–Kier alpha value is -2.68. The van der Waals surface area contributed by atoms with E-state index in [0.717, 1.165) is 6.07 Å². The van der Waals surface area contributed by atoms with Gasteiger partial charge in [-0.3, -0.25) is 14.9 Å². The molecule has 1 aromatic heterocycles. The molecule has 0 bridgehead atoms. The molecule has 0 radical (unpaired) electrons. The van der Waals surface area contributed by atoms with E-state index in [4.69, 9.17) is 9.15 Å². The number of ether oxygens (including phenoxy) is 1. The van der Waals surface area contributed by atoms with Crippen molar-refractivity contribution in [2.75, 3.05) is 6.61 Å². The number of halogens is 1. The highest BCUT2D eigenvalue weighted by atomic mass is 79.9. The van der Waals surface area contributed by atoms with Crippen LogP contribution < -0.4 is 5.32 Å². The Morgan fingerprint density at radius 1 is 1.35 bits per heavy atom. The molecule has 2 rings (SSSR count). The number of rotatable bonds is 6. The number of nitro groups is 1. The van der Waals surface area contributed by atoms with Crippen LogP contribution in [0.4, 0.5) is 5.69 Å². The standard InChI is InChI=1S/C14H11BrN2O6/c15-11-4-3-9(6-12(11)17(20)21)14(19)23-8-13(18)16-7-10-2-1-5-22-10/h1-6H,7-8H2,(H,16,18). The summed E-state index contributed by atoms with van der Waals surface area (Å²) in [5.74, 6) is -0.775. The van der Waals surface area contributed by atoms with Crippen LogP contribution in [0, 0.1) is 10.1 Å². The Morgan fingerprint density at radius 2 is 2.13 bits per heavy atom. The molecule has 8 nitrogen and oxygen atoms in total. The van der Waals surface area contributed by atoms with Crippen LogP contribution in [0.15, 0.2) is 45.5 Å². The molecule has 1 aromatic carbocycles. The minimum absolute atomic E-state index is 0.0151. The summed E-state index contributed by atoms with van der Waals surface area (Å²) in [7, 11) is 0. The molecule has 0 spiro atoms. The Bertz CT molecular complexity index is 729. The first-order chi connectivity index (χ1) is 11.0. The van der Waals surface area contributed by atoms with Gasteiger partial charge in [-0.25, -0.2) is 4.79 Å². The third kappa shape index (κ3) is 4.65. The van der Waals surface area contributed by atoms with E-state index >= 15 is 0 Å². The van der Waals surface area contributed by atoms with Crippen LogP contribution in [0.25, 0.3) is 0 Å². The van der Waals surface area contributed by atoms with Crippen molar-refractivity contribution in [3.8, 4) is 0 Å². The van der Waals surface area contributed by atoms with Crippen LogP contribution in [-0.4, -0.2) is 23.4 Å². The average molecular weight is 383 g/mol. The zero-order valence-electron chi connectivity index (χ0n) is 11.7. The number of hydrogen-bond donors (Lipinski definition) is 1. The van der Waals surface area contributed by atoms with Crippen molar-refractivity contribution in [2.24, 2.45) is 0 Å². The maximum atomic E-state index is 11.8. The lowest BCUT2D eigenvalue weighted by atomic mass is 10.2. The summed E-state index contributed by atoms with van der Waals surface area (Å²) < 4.78 is 10.1. The van der Waals surface area contributed by atoms with Crippen LogP contribution in [-0.2, 0) is 16.1 Å². The van der Waals surface area contributed by atoms with Gasteiger partial charge in [-0.15, -0.1) is 0 Å². The quantitative estimate of drug-likeness (QED) is 0.466. The lowest BCUT2D eigenvalue weighted by Gasteiger charge is -2.06. The molecule has 1 amide bonds. The fourth-order valence-corrected chi connectivity index (χ4v) is 2.04. The molecule has 0 saturated carbocycles. The lowest BCUT2D eigenvalue weighted by Crippen LogP contribution is -2.28. The van der Waals surface area contributed by atoms with Gasteiger partial charge in [0.05, 0.1) is 27.8 Å². The largest absolute Gasteiger partial charge is 0.467 e. The van der Waals surface area contributed by atoms with Gasteiger partial charge in [-0.05, 0) is 40.2 Å². The molecule has 0 fully saturated rings. The number of benzene rings is 1. The number of esters is 1. The van der Waals surface area contributed by atoms with Crippen molar-refractivity contribution in [3.05, 3.63) is 62.5 Å². The van der Waals surface area contributed by atoms with Crippen molar-refractivity contribution in [2.45, 2.75) is 6.54 Å². The summed E-state index contributed by atoms with van der Waals surface area (Å²) in [6.45, 7) is -0.323. The normalized spacial score (nSPS) is 10.1. The van der Waals surface area contributed by atoms with Gasteiger partial charge in [-0.2, -0.15) is 0 Å². The summed E-state index contributed by atoms with van der Waals surface area (Å²) in [6.07, 6.45) is 1.47. The first-order valence-corrected chi connectivity index (χ1v) is 7.17. The van der Waals surface area contributed by atoms with Gasteiger partial charge in [0, 0.05) is 6.07 Å². The zero-order chi connectivity index (χ0) is 16.8. The molecule has 23 heavy (non-hydrogen) atoms. The van der Waals surface area contributed by atoms with Crippen molar-refractivity contribution >= 4 is 33.5 Å². The van der Waals surface area contributed by atoms with Crippen LogP contribution in [0.3, 0.4) is 0 Å². The van der Waals surface area contributed by atoms with E-state index < -0.39 is 23.4 Å². The molecule has 120 valence electrons. The summed E-state index contributed by atoms with van der Waals surface area (Å²) in [5.41, 5.74) is -0.277. The van der Waals surface area contributed by atoms with Crippen LogP contribution >= 0.6 is 15.9 Å². The molecule has 0 saturated heterocycles. The van der Waals surface area contributed by atoms with Crippen LogP contribution in [0.2, 0.25) is 0 Å². The molecular weight excluding hydrogens is 372 g/mol. The predicted molar refractivity (Wildman–Crippen MR) is 81.6 cm³/mol. The van der Waals surface area contributed by atoms with E-state index in [1.165, 1.54) is 18.4 Å². The van der Waals surface area contributed by atoms with Crippen molar-refractivity contribution < 1.29 is 23.7 Å². The zero-order valence-corrected chi connectivity index (χ0v) is 13.2. The highest BCUT2D eigenvalue weighted by Crippen LogP contribution is 2.25. The average Bonchev–Trinajstić information content (AvgIpc) is 3.04. The Morgan fingerprint density at radius 3 is 2.78 bits per heavy atom. The van der Waals surface area contributed by atoms with Crippen LogP contribution in [0.5, 0.6) is 0 Å². The summed E-state index contributed by atoms with van der Waals surface area (Å²) in [6, 6.07) is 7.17. The fraction of sp³-hybridized carbons (Fsp3) is 0.143. The van der Waals surface area contributed by atoms with Gasteiger partial charge in [0.2, 0.25) is 0 Å². The third-order valence-electron chi connectivity index (χ3n) is 2.75. The number of furan rings is 1. The second kappa shape index (κ2) is 7.54. The Labute approximate surface area is 138 Å². The number of amides is 1. The molecule has 0 aliphatic carbocycles. The highest BCUT2D eigenvalue weighted by Gasteiger charge is 2.17. The van der Waals surface area contributed by atoms with Crippen molar-refractivity contribution in [1.82, 2.24) is 5.32 Å². The van der Waals surface area contributed by atoms with Gasteiger partial charge in [-0.1, -0.05) is 0 Å². The second-order valence-corrected chi connectivity index (χ2v) is 5.21. The first kappa shape index (κ1) is 16.7. The van der Waals surface area contributed by atoms with Crippen LogP contribution in [0.1, 0.15) is 16.1 Å². The maximum Gasteiger partial charge on any atom is 0.338 e. The molecule has 2 aromatic rings. The van der Waals surface area contributed by atoms with Crippen molar-refractivity contribution in [1.29, 1.82) is 0 Å². The van der Waals surface area contributed by atoms with E-state index in [1.807, 2.05) is 0 Å². The fourth-order valence-electron chi connectivity index (χ4n) is 1.64. The molecule has 0 aliphatic rings. The first-order valence-electron chi connectivity index (χ1n) is 6.37. The molecule has 1 heterocycles. The summed E-state index contributed by atoms with van der Waals surface area (Å²) in [4.78, 5) is 33.5. The molecule has 0 aliphatic heterocycles. The van der Waals surface area contributed by atoms with Gasteiger partial charge < -0.3 is 14.5 Å². The van der Waals surface area contributed by atoms with Crippen molar-refractivity contribution in [3.63, 3.8) is 0 Å². The second-order valence-electron chi connectivity index (χ2n) is 4.36. The number of nitrogens with one attached hydrogen (secondary N) is 1. The molecule has 9 heteroatoms. The van der Waals surface area contributed by atoms with Gasteiger partial charge in [0.15, 0.2) is 6.61 Å². The van der Waals surface area contributed by atoms with Gasteiger partial charge >= 0.3 is 5.97 Å². The molecule has 0 atom stereocenters. The lowest BCUT2D eigenvalue weighted by molar-refractivity contribution is -0.385. The summed E-state index contributed by atoms with van der Waals surface area (Å²) >= 11 is 3.01. The third-order valence-corrected chi connectivity index (χ3v) is 3.42. The maximum absolute atomic E-state index is 11.8. The number of carbonyl (C=O) groups excluding carboxylic acids is 2. The minimum atomic E-state index is -0.825. The topological polar surface area (TPSA) is 112 Å². The molecular formula is C14H11BrN2O6. The number of hydrogen-bond acceptors (Lipinski definition) is 6. The summed E-state index contributed by atoms with van der Waals surface area (Å²) in [5, 5.41) is 13.3. The van der Waals surface area contributed by atoms with E-state index in [9.17, 15) is 19.7 Å². The SMILES string of the molecule is O=C(COC(=O)c1ccc(Br)c([N+](=O)[O-])c1)NCc1ccco1. The molecule has 0 unspecified atom stereocenters. The van der Waals surface area contributed by atoms with E-state index in [0.29, 0.717) is 5.76 Å². The predicted octanol–water partition coefficient (Wildman–Crippen LogP) is 2.42. The highest BCUT2D eigenvalue weighted by molar-refractivity contribution is 9.10. The van der Waals surface area contributed by atoms with E-state index in [2.05, 4.69) is 21.2 Å². The van der Waals surface area contributed by atoms with E-state index in [1.54, 1.807) is 12.1 Å². The number of nitrogens with zero attached hydrogens (tertiary/aromatic N) is 1. The van der Waals surface area contributed by atoms with Gasteiger partial charge in [0.25, 0.3) is 11.6 Å². The Balaban J connectivity index is 1.88. The smallest absolute Gasteiger partial charge is 0.338 e. The van der Waals surface area contributed by atoms with Gasteiger partial charge in [0.1, 0.15) is 5.76 Å². The Kier molecular flexibility index (Phi) is 5.47. The minimum Gasteiger partial charge on any atom is -0.467 e. The number of carbonyl (C=O) groups is 2. The van der Waals surface area contributed by atoms with E-state index in [-0.39, 0.29) is 22.3 Å². The monoisotopic (exact) mass is 382 g/mol. The molecule has 1 N–H and O–H groups in total. The number of nitro benzene ring substituents is 1.